The van der Waals surface area contributed by atoms with Gasteiger partial charge in [-0.25, -0.2) is 4.68 Å². The Hall–Kier alpha value is -2.11. The first kappa shape index (κ1) is 12.9. The third-order valence-electron chi connectivity index (χ3n) is 4.18. The summed E-state index contributed by atoms with van der Waals surface area (Å²) in [6.07, 6.45) is 3.80. The van der Waals surface area contributed by atoms with Crippen LogP contribution < -0.4 is 10.5 Å². The van der Waals surface area contributed by atoms with Crippen LogP contribution >= 0.6 is 0 Å². The van der Waals surface area contributed by atoms with Crippen LogP contribution in [0.25, 0.3) is 11.4 Å². The Morgan fingerprint density at radius 1 is 1.40 bits per heavy atom. The normalized spacial score (nSPS) is 16.7. The molecule has 1 aliphatic rings. The van der Waals surface area contributed by atoms with Crippen molar-refractivity contribution in [3.8, 4) is 17.1 Å². The maximum absolute atomic E-state index is 5.79. The minimum Gasteiger partial charge on any atom is -0.496 e. The van der Waals surface area contributed by atoms with Crippen molar-refractivity contribution < 1.29 is 4.74 Å². The van der Waals surface area contributed by atoms with Gasteiger partial charge in [-0.3, -0.25) is 0 Å². The highest BCUT2D eigenvalue weighted by atomic mass is 16.5. The van der Waals surface area contributed by atoms with Gasteiger partial charge in [0.2, 0.25) is 0 Å². The Bertz CT molecular complexity index is 605. The van der Waals surface area contributed by atoms with Crippen LogP contribution in [0.3, 0.4) is 0 Å². The Balaban J connectivity index is 2.00. The second-order valence-corrected chi connectivity index (χ2v) is 5.34. The second-order valence-electron chi connectivity index (χ2n) is 5.34. The molecule has 1 aromatic carbocycles. The summed E-state index contributed by atoms with van der Waals surface area (Å²) in [6, 6.07) is 5.84. The van der Waals surface area contributed by atoms with Gasteiger partial charge in [-0.2, -0.15) is 0 Å². The standard InChI is InChI=1S/C14H19N5O/c1-9(10-4-3-5-10)19-14(16-17-18-19)12-7-6-11(15)8-13(12)20-2/h6-10H,3-5,15H2,1-2H3. The van der Waals surface area contributed by atoms with E-state index in [4.69, 9.17) is 10.5 Å². The molecule has 106 valence electrons. The van der Waals surface area contributed by atoms with Crippen molar-refractivity contribution in [3.05, 3.63) is 18.2 Å². The van der Waals surface area contributed by atoms with E-state index in [2.05, 4.69) is 22.4 Å². The minimum absolute atomic E-state index is 0.302. The highest BCUT2D eigenvalue weighted by Crippen LogP contribution is 2.38. The smallest absolute Gasteiger partial charge is 0.186 e. The number of nitrogen functional groups attached to an aromatic ring is 1. The number of hydrogen-bond acceptors (Lipinski definition) is 5. The van der Waals surface area contributed by atoms with Crippen LogP contribution in [0, 0.1) is 5.92 Å². The van der Waals surface area contributed by atoms with Gasteiger partial charge in [-0.05, 0) is 48.2 Å². The fraction of sp³-hybridized carbons (Fsp3) is 0.500. The monoisotopic (exact) mass is 273 g/mol. The predicted octanol–water partition coefficient (Wildman–Crippen LogP) is 2.29. The zero-order chi connectivity index (χ0) is 14.1. The Morgan fingerprint density at radius 3 is 2.85 bits per heavy atom. The molecular weight excluding hydrogens is 254 g/mol. The van der Waals surface area contributed by atoms with E-state index < -0.39 is 0 Å². The summed E-state index contributed by atoms with van der Waals surface area (Å²) >= 11 is 0. The fourth-order valence-corrected chi connectivity index (χ4v) is 2.66. The van der Waals surface area contributed by atoms with Crippen molar-refractivity contribution in [2.24, 2.45) is 5.92 Å². The molecule has 0 saturated heterocycles. The van der Waals surface area contributed by atoms with Crippen LogP contribution in [0.2, 0.25) is 0 Å². The summed E-state index contributed by atoms with van der Waals surface area (Å²) in [6.45, 7) is 2.17. The largest absolute Gasteiger partial charge is 0.496 e. The number of nitrogens with two attached hydrogens (primary N) is 1. The lowest BCUT2D eigenvalue weighted by atomic mass is 9.80. The summed E-state index contributed by atoms with van der Waals surface area (Å²) in [5.74, 6) is 2.10. The van der Waals surface area contributed by atoms with E-state index in [1.54, 1.807) is 13.2 Å². The van der Waals surface area contributed by atoms with Gasteiger partial charge in [-0.15, -0.1) is 5.10 Å². The fourth-order valence-electron chi connectivity index (χ4n) is 2.66. The molecule has 0 spiro atoms. The molecule has 6 heteroatoms. The molecule has 0 radical (unpaired) electrons. The number of ether oxygens (including phenoxy) is 1. The maximum atomic E-state index is 5.79. The number of hydrogen-bond donors (Lipinski definition) is 1. The number of benzene rings is 1. The van der Waals surface area contributed by atoms with Crippen LogP contribution in [0.5, 0.6) is 5.75 Å². The Kier molecular flexibility index (Phi) is 3.30. The summed E-state index contributed by atoms with van der Waals surface area (Å²) in [5, 5.41) is 12.2. The number of nitrogens with zero attached hydrogens (tertiary/aromatic N) is 4. The molecule has 1 fully saturated rings. The molecular formula is C14H19N5O. The van der Waals surface area contributed by atoms with E-state index in [1.807, 2.05) is 16.8 Å². The van der Waals surface area contributed by atoms with Crippen molar-refractivity contribution in [2.45, 2.75) is 32.2 Å². The van der Waals surface area contributed by atoms with Crippen molar-refractivity contribution in [1.29, 1.82) is 0 Å². The molecule has 2 N–H and O–H groups in total. The van der Waals surface area contributed by atoms with Crippen LogP contribution in [0.4, 0.5) is 5.69 Å². The number of aromatic nitrogens is 4. The second kappa shape index (κ2) is 5.11. The summed E-state index contributed by atoms with van der Waals surface area (Å²) in [4.78, 5) is 0. The van der Waals surface area contributed by atoms with Gasteiger partial charge in [-0.1, -0.05) is 6.42 Å². The molecule has 1 heterocycles. The van der Waals surface area contributed by atoms with Crippen LogP contribution in [0.1, 0.15) is 32.2 Å². The molecule has 1 aromatic heterocycles. The summed E-state index contributed by atoms with van der Waals surface area (Å²) in [7, 11) is 1.63. The first-order chi connectivity index (χ1) is 9.70. The van der Waals surface area contributed by atoms with Crippen LogP contribution in [-0.4, -0.2) is 27.3 Å². The van der Waals surface area contributed by atoms with E-state index >= 15 is 0 Å². The van der Waals surface area contributed by atoms with Gasteiger partial charge < -0.3 is 10.5 Å². The van der Waals surface area contributed by atoms with Crippen molar-refractivity contribution in [2.75, 3.05) is 12.8 Å². The van der Waals surface area contributed by atoms with E-state index in [1.165, 1.54) is 19.3 Å². The highest BCUT2D eigenvalue weighted by molar-refractivity contribution is 5.67. The molecule has 6 nitrogen and oxygen atoms in total. The highest BCUT2D eigenvalue weighted by Gasteiger charge is 2.28. The zero-order valence-electron chi connectivity index (χ0n) is 11.8. The number of tetrazole rings is 1. The topological polar surface area (TPSA) is 78.8 Å². The molecule has 0 aliphatic heterocycles. The molecule has 0 bridgehead atoms. The molecule has 0 amide bonds. The van der Waals surface area contributed by atoms with Gasteiger partial charge in [0.1, 0.15) is 5.75 Å². The zero-order valence-corrected chi connectivity index (χ0v) is 11.8. The minimum atomic E-state index is 0.302. The summed E-state index contributed by atoms with van der Waals surface area (Å²) in [5.41, 5.74) is 7.33. The van der Waals surface area contributed by atoms with Gasteiger partial charge in [0.15, 0.2) is 5.82 Å². The van der Waals surface area contributed by atoms with Gasteiger partial charge in [0.25, 0.3) is 0 Å². The quantitative estimate of drug-likeness (QED) is 0.865. The maximum Gasteiger partial charge on any atom is 0.186 e. The molecule has 1 unspecified atom stereocenters. The van der Waals surface area contributed by atoms with Gasteiger partial charge in [0.05, 0.1) is 18.7 Å². The van der Waals surface area contributed by atoms with E-state index in [-0.39, 0.29) is 0 Å². The molecule has 2 aromatic rings. The third kappa shape index (κ3) is 2.11. The van der Waals surface area contributed by atoms with Crippen LogP contribution in [-0.2, 0) is 0 Å². The SMILES string of the molecule is COc1cc(N)ccc1-c1nnnn1C(C)C1CCC1. The predicted molar refractivity (Wildman–Crippen MR) is 76.3 cm³/mol. The lowest BCUT2D eigenvalue weighted by Gasteiger charge is -2.31. The lowest BCUT2D eigenvalue weighted by Crippen LogP contribution is -2.24. The first-order valence-corrected chi connectivity index (χ1v) is 6.92. The average molecular weight is 273 g/mol. The van der Waals surface area contributed by atoms with Crippen molar-refractivity contribution in [1.82, 2.24) is 20.2 Å². The molecule has 1 atom stereocenters. The van der Waals surface area contributed by atoms with E-state index in [0.29, 0.717) is 23.4 Å². The molecule has 1 saturated carbocycles. The number of anilines is 1. The Labute approximate surface area is 117 Å². The molecule has 3 rings (SSSR count). The van der Waals surface area contributed by atoms with Gasteiger partial charge >= 0.3 is 0 Å². The van der Waals surface area contributed by atoms with Crippen molar-refractivity contribution >= 4 is 5.69 Å². The lowest BCUT2D eigenvalue weighted by molar-refractivity contribution is 0.210. The molecule has 1 aliphatic carbocycles. The average Bonchev–Trinajstić information content (AvgIpc) is 2.85. The molecule has 20 heavy (non-hydrogen) atoms. The number of rotatable bonds is 4. The van der Waals surface area contributed by atoms with Crippen molar-refractivity contribution in [3.63, 3.8) is 0 Å². The van der Waals surface area contributed by atoms with Gasteiger partial charge in [0, 0.05) is 11.8 Å². The number of methoxy groups -OCH3 is 1. The van der Waals surface area contributed by atoms with Crippen LogP contribution in [0.15, 0.2) is 18.2 Å². The first-order valence-electron chi connectivity index (χ1n) is 6.92. The third-order valence-corrected chi connectivity index (χ3v) is 4.18. The Morgan fingerprint density at radius 2 is 2.20 bits per heavy atom. The summed E-state index contributed by atoms with van der Waals surface area (Å²) < 4.78 is 7.30. The van der Waals surface area contributed by atoms with E-state index in [0.717, 1.165) is 11.4 Å². The van der Waals surface area contributed by atoms with E-state index in [9.17, 15) is 0 Å².